The molecular weight excluding hydrogens is 348 g/mol. The molecule has 2 aromatic rings. The van der Waals surface area contributed by atoms with Crippen LogP contribution in [0.1, 0.15) is 41.4 Å². The van der Waals surface area contributed by atoms with E-state index < -0.39 is 5.60 Å². The average Bonchev–Trinajstić information content (AvgIpc) is 3.19. The third kappa shape index (κ3) is 2.94. The van der Waals surface area contributed by atoms with E-state index >= 15 is 0 Å². The molecule has 3 aliphatic heterocycles. The lowest BCUT2D eigenvalue weighted by atomic mass is 9.84. The number of ketones is 1. The molecule has 1 aromatic carbocycles. The second-order valence-corrected chi connectivity index (χ2v) is 6.98. The molecule has 7 nitrogen and oxygen atoms in total. The van der Waals surface area contributed by atoms with E-state index in [-0.39, 0.29) is 11.7 Å². The highest BCUT2D eigenvalue weighted by Crippen LogP contribution is 2.40. The maximum atomic E-state index is 12.8. The van der Waals surface area contributed by atoms with E-state index in [1.54, 1.807) is 18.6 Å². The molecule has 0 bridgehead atoms. The van der Waals surface area contributed by atoms with Crippen molar-refractivity contribution in [3.05, 3.63) is 54.3 Å². The lowest BCUT2D eigenvalue weighted by Crippen LogP contribution is -2.46. The maximum Gasteiger partial charge on any atom is 0.257 e. The van der Waals surface area contributed by atoms with Crippen LogP contribution >= 0.6 is 0 Å². The average molecular weight is 366 g/mol. The first-order chi connectivity index (χ1) is 13.2. The topological polar surface area (TPSA) is 83.7 Å². The van der Waals surface area contributed by atoms with E-state index in [0.717, 1.165) is 12.8 Å². The number of hydrogen-bond acceptors (Lipinski definition) is 7. The van der Waals surface area contributed by atoms with Gasteiger partial charge in [0.25, 0.3) is 5.89 Å². The summed E-state index contributed by atoms with van der Waals surface area (Å²) >= 11 is 0. The minimum Gasteiger partial charge on any atom is -0.486 e. The van der Waals surface area contributed by atoms with Crippen LogP contribution in [0.25, 0.3) is 11.5 Å². The molecule has 4 heterocycles. The van der Waals surface area contributed by atoms with E-state index in [4.69, 9.17) is 18.7 Å². The van der Waals surface area contributed by atoms with E-state index in [1.807, 2.05) is 24.3 Å². The number of carbonyl (C=O) groups is 1. The van der Waals surface area contributed by atoms with Gasteiger partial charge in [-0.2, -0.15) is 4.98 Å². The van der Waals surface area contributed by atoms with Gasteiger partial charge in [0.1, 0.15) is 11.4 Å². The number of allylic oxidation sites excluding steroid dienone is 2. The quantitative estimate of drug-likeness (QED) is 0.805. The van der Waals surface area contributed by atoms with E-state index in [2.05, 4.69) is 10.1 Å². The summed E-state index contributed by atoms with van der Waals surface area (Å²) in [6.45, 7) is 1.25. The molecule has 7 heteroatoms. The molecule has 1 aromatic heterocycles. The molecule has 0 aliphatic carbocycles. The van der Waals surface area contributed by atoms with Gasteiger partial charge in [-0.25, -0.2) is 0 Å². The number of ether oxygens (including phenoxy) is 3. The van der Waals surface area contributed by atoms with Crippen molar-refractivity contribution in [2.75, 3.05) is 13.2 Å². The highest BCUT2D eigenvalue weighted by atomic mass is 16.5. The van der Waals surface area contributed by atoms with Crippen LogP contribution in [0.4, 0.5) is 0 Å². The van der Waals surface area contributed by atoms with E-state index in [1.165, 1.54) is 0 Å². The number of benzene rings is 1. The Balaban J connectivity index is 1.43. The Bertz CT molecular complexity index is 928. The summed E-state index contributed by atoms with van der Waals surface area (Å²) in [6.07, 6.45) is 8.69. The number of hydrogen-bond donors (Lipinski definition) is 0. The van der Waals surface area contributed by atoms with E-state index in [9.17, 15) is 4.79 Å². The number of Topliss-reactive ketones (excluding diaryl/α,β-unsaturated/α-hetero) is 1. The van der Waals surface area contributed by atoms with Crippen molar-refractivity contribution in [3.63, 3.8) is 0 Å². The molecule has 0 atom stereocenters. The highest BCUT2D eigenvalue weighted by molar-refractivity contribution is 6.01. The second kappa shape index (κ2) is 6.35. The van der Waals surface area contributed by atoms with Gasteiger partial charge in [0.2, 0.25) is 0 Å². The van der Waals surface area contributed by atoms with Gasteiger partial charge in [-0.05, 0) is 30.4 Å². The summed E-state index contributed by atoms with van der Waals surface area (Å²) in [4.78, 5) is 17.2. The molecule has 3 aliphatic rings. The third-order valence-electron chi connectivity index (χ3n) is 5.21. The van der Waals surface area contributed by atoms with Crippen LogP contribution in [0, 0.1) is 0 Å². The van der Waals surface area contributed by atoms with Gasteiger partial charge >= 0.3 is 0 Å². The van der Waals surface area contributed by atoms with Crippen molar-refractivity contribution >= 4 is 5.78 Å². The molecule has 1 saturated heterocycles. The summed E-state index contributed by atoms with van der Waals surface area (Å²) in [5.41, 5.74) is 0.839. The predicted molar refractivity (Wildman–Crippen MR) is 94.2 cm³/mol. The fraction of sp³-hybridized carbons (Fsp3) is 0.350. The molecule has 27 heavy (non-hydrogen) atoms. The largest absolute Gasteiger partial charge is 0.486 e. The van der Waals surface area contributed by atoms with Gasteiger partial charge in [-0.1, -0.05) is 5.16 Å². The number of aromatic nitrogens is 2. The second-order valence-electron chi connectivity index (χ2n) is 6.98. The Kier molecular flexibility index (Phi) is 3.82. The Hall–Kier alpha value is -2.93. The predicted octanol–water partition coefficient (Wildman–Crippen LogP) is 3.39. The molecule has 0 amide bonds. The number of nitrogens with zero attached hydrogens (tertiary/aromatic N) is 2. The minimum absolute atomic E-state index is 0.0787. The summed E-state index contributed by atoms with van der Waals surface area (Å²) in [5, 5.41) is 4.04. The first-order valence-corrected chi connectivity index (χ1v) is 8.99. The van der Waals surface area contributed by atoms with Gasteiger partial charge in [-0.15, -0.1) is 0 Å². The lowest BCUT2D eigenvalue weighted by Gasteiger charge is -2.40. The van der Waals surface area contributed by atoms with Crippen LogP contribution in [0.2, 0.25) is 0 Å². The molecule has 1 spiro atoms. The minimum atomic E-state index is -0.427. The van der Waals surface area contributed by atoms with Crippen molar-refractivity contribution in [1.82, 2.24) is 10.1 Å². The Morgan fingerprint density at radius 1 is 1.11 bits per heavy atom. The summed E-state index contributed by atoms with van der Waals surface area (Å²) in [6, 6.07) is 5.44. The Morgan fingerprint density at radius 2 is 1.93 bits per heavy atom. The lowest BCUT2D eigenvalue weighted by molar-refractivity contribution is -0.0504. The Labute approximate surface area is 155 Å². The van der Waals surface area contributed by atoms with Crippen LogP contribution in [-0.4, -0.2) is 34.7 Å². The zero-order chi connectivity index (χ0) is 18.3. The van der Waals surface area contributed by atoms with Gasteiger partial charge in [0, 0.05) is 18.4 Å². The fourth-order valence-electron chi connectivity index (χ4n) is 3.68. The first-order valence-electron chi connectivity index (χ1n) is 8.99. The van der Waals surface area contributed by atoms with Gasteiger partial charge in [0.05, 0.1) is 43.6 Å². The Morgan fingerprint density at radius 3 is 2.74 bits per heavy atom. The van der Waals surface area contributed by atoms with Crippen LogP contribution in [0.15, 0.2) is 47.4 Å². The molecule has 0 radical (unpaired) electrons. The van der Waals surface area contributed by atoms with Crippen molar-refractivity contribution in [2.45, 2.75) is 30.8 Å². The standard InChI is InChI=1S/C20H18N2O5/c23-16-12-20(5-9-25-10-6-20)26-17-2-1-14(11-15(16)17)19-21-18(22-27-19)13-3-7-24-8-4-13/h1-4,7-8,11,13H,5-6,9-10,12H2. The van der Waals surface area contributed by atoms with E-state index in [0.29, 0.717) is 48.2 Å². The van der Waals surface area contributed by atoms with Gasteiger partial charge in [0.15, 0.2) is 11.6 Å². The molecule has 0 unspecified atom stereocenters. The number of fused-ring (bicyclic) bond motifs is 1. The first kappa shape index (κ1) is 16.3. The SMILES string of the molecule is O=C1CC2(CCOCC2)Oc2ccc(-c3nc(C4C=COC=C4)no3)cc21. The zero-order valence-electron chi connectivity index (χ0n) is 14.6. The fourth-order valence-corrected chi connectivity index (χ4v) is 3.68. The molecular formula is C20H18N2O5. The van der Waals surface area contributed by atoms with Crippen LogP contribution in [0.5, 0.6) is 5.75 Å². The molecule has 1 fully saturated rings. The van der Waals surface area contributed by atoms with Crippen molar-refractivity contribution in [2.24, 2.45) is 0 Å². The molecule has 5 rings (SSSR count). The smallest absolute Gasteiger partial charge is 0.257 e. The maximum absolute atomic E-state index is 12.8. The normalized spacial score (nSPS) is 21.0. The van der Waals surface area contributed by atoms with Crippen LogP contribution < -0.4 is 4.74 Å². The van der Waals surface area contributed by atoms with Gasteiger partial charge in [-0.3, -0.25) is 4.79 Å². The zero-order valence-corrected chi connectivity index (χ0v) is 14.6. The molecule has 0 saturated carbocycles. The number of rotatable bonds is 2. The van der Waals surface area contributed by atoms with Crippen molar-refractivity contribution in [3.8, 4) is 17.2 Å². The highest BCUT2D eigenvalue weighted by Gasteiger charge is 2.42. The van der Waals surface area contributed by atoms with Crippen LogP contribution in [0.3, 0.4) is 0 Å². The number of carbonyl (C=O) groups excluding carboxylic acids is 1. The van der Waals surface area contributed by atoms with Crippen molar-refractivity contribution in [1.29, 1.82) is 0 Å². The van der Waals surface area contributed by atoms with Gasteiger partial charge < -0.3 is 18.7 Å². The van der Waals surface area contributed by atoms with Crippen molar-refractivity contribution < 1.29 is 23.5 Å². The third-order valence-corrected chi connectivity index (χ3v) is 5.21. The summed E-state index contributed by atoms with van der Waals surface area (Å²) in [7, 11) is 0. The summed E-state index contributed by atoms with van der Waals surface area (Å²) < 4.78 is 22.1. The van der Waals surface area contributed by atoms with Crippen LogP contribution in [-0.2, 0) is 9.47 Å². The monoisotopic (exact) mass is 366 g/mol. The summed E-state index contributed by atoms with van der Waals surface area (Å²) in [5.74, 6) is 1.52. The molecule has 0 N–H and O–H groups in total. The molecule has 138 valence electrons.